The second kappa shape index (κ2) is 8.46. The first-order valence-corrected chi connectivity index (χ1v) is 9.62. The topological polar surface area (TPSA) is 53.9 Å². The van der Waals surface area contributed by atoms with E-state index in [2.05, 4.69) is 32.3 Å². The van der Waals surface area contributed by atoms with Crippen molar-refractivity contribution in [1.82, 2.24) is 19.9 Å². The molecule has 3 heterocycles. The van der Waals surface area contributed by atoms with E-state index in [1.165, 1.54) is 5.56 Å². The number of hydrogen-bond acceptors (Lipinski definition) is 5. The van der Waals surface area contributed by atoms with Gasteiger partial charge in [0.1, 0.15) is 5.82 Å². The maximum atomic E-state index is 6.34. The summed E-state index contributed by atoms with van der Waals surface area (Å²) in [6, 6.07) is 16.0. The van der Waals surface area contributed by atoms with Gasteiger partial charge in [-0.1, -0.05) is 35.9 Å². The zero-order chi connectivity index (χ0) is 18.5. The van der Waals surface area contributed by atoms with Crippen LogP contribution in [0.25, 0.3) is 0 Å². The Kier molecular flexibility index (Phi) is 5.61. The molecule has 1 aromatic carbocycles. The lowest BCUT2D eigenvalue weighted by molar-refractivity contribution is 0.198. The lowest BCUT2D eigenvalue weighted by atomic mass is 9.94. The van der Waals surface area contributed by atoms with Crippen LogP contribution in [-0.4, -0.2) is 32.9 Å². The van der Waals surface area contributed by atoms with Crippen LogP contribution in [0.3, 0.4) is 0 Å². The summed E-state index contributed by atoms with van der Waals surface area (Å²) in [5.41, 5.74) is 2.30. The van der Waals surface area contributed by atoms with Crippen molar-refractivity contribution in [2.75, 3.05) is 18.4 Å². The molecule has 1 atom stereocenters. The average Bonchev–Trinajstić information content (AvgIpc) is 2.71. The van der Waals surface area contributed by atoms with Gasteiger partial charge < -0.3 is 5.32 Å². The fourth-order valence-corrected chi connectivity index (χ4v) is 3.73. The number of rotatable bonds is 5. The van der Waals surface area contributed by atoms with Gasteiger partial charge in [-0.05, 0) is 49.2 Å². The number of nitrogens with one attached hydrogen (secondary N) is 1. The zero-order valence-electron chi connectivity index (χ0n) is 15.1. The molecule has 0 radical (unpaired) electrons. The van der Waals surface area contributed by atoms with Gasteiger partial charge in [0.15, 0.2) is 0 Å². The largest absolute Gasteiger partial charge is 0.309 e. The molecule has 2 aromatic heterocycles. The van der Waals surface area contributed by atoms with E-state index in [1.54, 1.807) is 18.5 Å². The molecule has 0 saturated carbocycles. The number of hydrogen-bond donors (Lipinski definition) is 1. The Balaban J connectivity index is 1.45. The Morgan fingerprint density at radius 1 is 1.04 bits per heavy atom. The molecule has 0 unspecified atom stereocenters. The van der Waals surface area contributed by atoms with Crippen molar-refractivity contribution < 1.29 is 0 Å². The van der Waals surface area contributed by atoms with Crippen LogP contribution in [0.2, 0.25) is 5.02 Å². The molecule has 1 fully saturated rings. The number of benzene rings is 1. The van der Waals surface area contributed by atoms with Gasteiger partial charge in [0.05, 0.1) is 0 Å². The highest BCUT2D eigenvalue weighted by molar-refractivity contribution is 6.31. The Labute approximate surface area is 164 Å². The van der Waals surface area contributed by atoms with E-state index in [0.717, 1.165) is 49.0 Å². The third kappa shape index (κ3) is 4.62. The molecular formula is C21H22ClN5. The normalized spacial score (nSPS) is 17.6. The molecule has 4 rings (SSSR count). The highest BCUT2D eigenvalue weighted by Gasteiger charge is 2.23. The predicted octanol–water partition coefficient (Wildman–Crippen LogP) is 4.65. The van der Waals surface area contributed by atoms with Crippen LogP contribution in [0.15, 0.2) is 60.9 Å². The average molecular weight is 380 g/mol. The minimum atomic E-state index is 0.416. The summed E-state index contributed by atoms with van der Waals surface area (Å²) in [6.07, 6.45) is 5.74. The Bertz CT molecular complexity index is 887. The van der Waals surface area contributed by atoms with Gasteiger partial charge in [-0.25, -0.2) is 15.0 Å². The number of nitrogens with zero attached hydrogens (tertiary/aromatic N) is 4. The van der Waals surface area contributed by atoms with E-state index in [1.807, 2.05) is 30.3 Å². The Morgan fingerprint density at radius 2 is 1.89 bits per heavy atom. The van der Waals surface area contributed by atoms with Crippen LogP contribution < -0.4 is 5.32 Å². The first-order chi connectivity index (χ1) is 13.3. The van der Waals surface area contributed by atoms with E-state index in [4.69, 9.17) is 16.6 Å². The lowest BCUT2D eigenvalue weighted by Gasteiger charge is -2.32. The van der Waals surface area contributed by atoms with Crippen LogP contribution >= 0.6 is 11.6 Å². The van der Waals surface area contributed by atoms with Crippen LogP contribution in [0, 0.1) is 0 Å². The molecule has 0 bridgehead atoms. The molecule has 1 aliphatic heterocycles. The van der Waals surface area contributed by atoms with Crippen molar-refractivity contribution in [2.24, 2.45) is 0 Å². The highest BCUT2D eigenvalue weighted by atomic mass is 35.5. The number of halogens is 1. The molecule has 1 aliphatic rings. The van der Waals surface area contributed by atoms with Crippen LogP contribution in [0.1, 0.15) is 30.0 Å². The van der Waals surface area contributed by atoms with Crippen molar-refractivity contribution in [3.8, 4) is 0 Å². The standard InChI is InChI=1S/C21H22ClN5/c22-18-8-2-1-6-16(18)14-27-13-4-7-17(15-27)19-9-3-10-20(25-19)26-21-23-11-5-12-24-21/h1-3,5-6,8-12,17H,4,7,13-15H2,(H,23,24,25,26)/t17-/m1/s1. The molecule has 6 heteroatoms. The Morgan fingerprint density at radius 3 is 2.74 bits per heavy atom. The van der Waals surface area contributed by atoms with Crippen molar-refractivity contribution in [2.45, 2.75) is 25.3 Å². The van der Waals surface area contributed by atoms with Gasteiger partial charge in [0.25, 0.3) is 0 Å². The molecular weight excluding hydrogens is 358 g/mol. The number of pyridine rings is 1. The fraction of sp³-hybridized carbons (Fsp3) is 0.286. The van der Waals surface area contributed by atoms with Gasteiger partial charge in [-0.2, -0.15) is 0 Å². The quantitative estimate of drug-likeness (QED) is 0.699. The third-order valence-electron chi connectivity index (χ3n) is 4.85. The predicted molar refractivity (Wildman–Crippen MR) is 108 cm³/mol. The lowest BCUT2D eigenvalue weighted by Crippen LogP contribution is -2.34. The van der Waals surface area contributed by atoms with E-state index in [0.29, 0.717) is 11.9 Å². The maximum absolute atomic E-state index is 6.34. The molecule has 0 spiro atoms. The number of aromatic nitrogens is 3. The van der Waals surface area contributed by atoms with Crippen LogP contribution in [0.5, 0.6) is 0 Å². The molecule has 1 saturated heterocycles. The monoisotopic (exact) mass is 379 g/mol. The molecule has 27 heavy (non-hydrogen) atoms. The molecule has 5 nitrogen and oxygen atoms in total. The zero-order valence-corrected chi connectivity index (χ0v) is 15.8. The van der Waals surface area contributed by atoms with E-state index in [-0.39, 0.29) is 0 Å². The SMILES string of the molecule is Clc1ccccc1CN1CCC[C@@H](c2cccc(Nc3ncccn3)n2)C1. The van der Waals surface area contributed by atoms with E-state index in [9.17, 15) is 0 Å². The first-order valence-electron chi connectivity index (χ1n) is 9.25. The summed E-state index contributed by atoms with van der Waals surface area (Å²) in [4.78, 5) is 15.7. The maximum Gasteiger partial charge on any atom is 0.228 e. The minimum absolute atomic E-state index is 0.416. The van der Waals surface area contributed by atoms with Crippen molar-refractivity contribution in [3.05, 3.63) is 77.2 Å². The summed E-state index contributed by atoms with van der Waals surface area (Å²) in [5.74, 6) is 1.76. The van der Waals surface area contributed by atoms with Crippen LogP contribution in [0.4, 0.5) is 11.8 Å². The minimum Gasteiger partial charge on any atom is -0.309 e. The van der Waals surface area contributed by atoms with Gasteiger partial charge in [-0.3, -0.25) is 4.90 Å². The highest BCUT2D eigenvalue weighted by Crippen LogP contribution is 2.28. The number of piperidine rings is 1. The summed E-state index contributed by atoms with van der Waals surface area (Å²) < 4.78 is 0. The molecule has 0 aliphatic carbocycles. The van der Waals surface area contributed by atoms with Gasteiger partial charge >= 0.3 is 0 Å². The summed E-state index contributed by atoms with van der Waals surface area (Å²) in [7, 11) is 0. The van der Waals surface area contributed by atoms with Gasteiger partial charge in [0.2, 0.25) is 5.95 Å². The van der Waals surface area contributed by atoms with E-state index < -0.39 is 0 Å². The Hall–Kier alpha value is -2.50. The van der Waals surface area contributed by atoms with Crippen molar-refractivity contribution in [3.63, 3.8) is 0 Å². The second-order valence-electron chi connectivity index (χ2n) is 6.81. The second-order valence-corrected chi connectivity index (χ2v) is 7.22. The van der Waals surface area contributed by atoms with Gasteiger partial charge in [0, 0.05) is 42.1 Å². The first kappa shape index (κ1) is 17.9. The third-order valence-corrected chi connectivity index (χ3v) is 5.22. The van der Waals surface area contributed by atoms with Crippen molar-refractivity contribution >= 4 is 23.4 Å². The van der Waals surface area contributed by atoms with E-state index >= 15 is 0 Å². The number of likely N-dealkylation sites (tertiary alicyclic amines) is 1. The summed E-state index contributed by atoms with van der Waals surface area (Å²) in [5, 5.41) is 4.02. The summed E-state index contributed by atoms with van der Waals surface area (Å²) in [6.45, 7) is 2.97. The number of anilines is 2. The molecule has 0 amide bonds. The van der Waals surface area contributed by atoms with Gasteiger partial charge in [-0.15, -0.1) is 0 Å². The molecule has 3 aromatic rings. The van der Waals surface area contributed by atoms with Crippen molar-refractivity contribution in [1.29, 1.82) is 0 Å². The fourth-order valence-electron chi connectivity index (χ4n) is 3.53. The molecule has 138 valence electrons. The molecule has 1 N–H and O–H groups in total. The van der Waals surface area contributed by atoms with Crippen LogP contribution in [-0.2, 0) is 6.54 Å². The summed E-state index contributed by atoms with van der Waals surface area (Å²) >= 11 is 6.34. The smallest absolute Gasteiger partial charge is 0.228 e.